The molecular formula is C17H26N4O5. The number of hydrogen-bond acceptors (Lipinski definition) is 5. The molecule has 4 amide bonds. The second-order valence-electron chi connectivity index (χ2n) is 6.80. The first-order valence-electron chi connectivity index (χ1n) is 9.10. The van der Waals surface area contributed by atoms with Gasteiger partial charge in [-0.25, -0.2) is 0 Å². The van der Waals surface area contributed by atoms with E-state index in [0.717, 1.165) is 32.1 Å². The summed E-state index contributed by atoms with van der Waals surface area (Å²) in [6, 6.07) is -1.11. The van der Waals surface area contributed by atoms with Gasteiger partial charge in [0.25, 0.3) is 5.91 Å². The Kier molecular flexibility index (Phi) is 7.55. The molecule has 4 N–H and O–H groups in total. The number of nitrogens with one attached hydrogen (secondary N) is 4. The van der Waals surface area contributed by atoms with Crippen LogP contribution < -0.4 is 21.3 Å². The molecule has 0 radical (unpaired) electrons. The molecule has 9 nitrogen and oxygen atoms in total. The second-order valence-corrected chi connectivity index (χ2v) is 6.80. The monoisotopic (exact) mass is 366 g/mol. The van der Waals surface area contributed by atoms with E-state index in [1.165, 1.54) is 0 Å². The van der Waals surface area contributed by atoms with E-state index in [2.05, 4.69) is 21.3 Å². The van der Waals surface area contributed by atoms with Crippen molar-refractivity contribution in [2.75, 3.05) is 13.1 Å². The maximum atomic E-state index is 12.6. The van der Waals surface area contributed by atoms with Crippen LogP contribution in [0.2, 0.25) is 0 Å². The average molecular weight is 366 g/mol. The maximum Gasteiger partial charge on any atom is 0.289 e. The normalized spacial score (nSPS) is 21.4. The fourth-order valence-corrected chi connectivity index (χ4v) is 3.43. The lowest BCUT2D eigenvalue weighted by atomic mass is 9.93. The highest BCUT2D eigenvalue weighted by molar-refractivity contribution is 6.38. The minimum Gasteiger partial charge on any atom is -0.356 e. The molecule has 0 aromatic rings. The summed E-state index contributed by atoms with van der Waals surface area (Å²) < 4.78 is 0. The quantitative estimate of drug-likeness (QED) is 0.299. The topological polar surface area (TPSA) is 133 Å². The standard InChI is InChI=1S/C17H26N4O5/c22-10-18-9-14(23)21-13(8-11-6-7-19-16(11)25)15(24)17(26)20-12-4-2-1-3-5-12/h10-13H,1-9H2,(H,18,22)(H,19,25)(H,20,26)(H,21,23)/t11-,13?/m0/s1. The highest BCUT2D eigenvalue weighted by atomic mass is 16.2. The van der Waals surface area contributed by atoms with Crippen LogP contribution in [0.1, 0.15) is 44.9 Å². The van der Waals surface area contributed by atoms with E-state index < -0.39 is 29.6 Å². The van der Waals surface area contributed by atoms with Crippen LogP contribution in [0.25, 0.3) is 0 Å². The second kappa shape index (κ2) is 9.88. The number of Topliss-reactive ketones (excluding diaryl/α,β-unsaturated/α-hetero) is 1. The lowest BCUT2D eigenvalue weighted by Crippen LogP contribution is -2.52. The zero-order chi connectivity index (χ0) is 18.9. The molecule has 1 aliphatic carbocycles. The van der Waals surface area contributed by atoms with E-state index in [9.17, 15) is 24.0 Å². The third-order valence-corrected chi connectivity index (χ3v) is 4.84. The molecule has 2 atom stereocenters. The molecule has 1 heterocycles. The summed E-state index contributed by atoms with van der Waals surface area (Å²) in [7, 11) is 0. The summed E-state index contributed by atoms with van der Waals surface area (Å²) in [5.74, 6) is -2.68. The molecule has 1 aliphatic heterocycles. The lowest BCUT2D eigenvalue weighted by molar-refractivity contribution is -0.141. The first kappa shape index (κ1) is 19.9. The largest absolute Gasteiger partial charge is 0.356 e. The zero-order valence-electron chi connectivity index (χ0n) is 14.7. The Bertz CT molecular complexity index is 559. The van der Waals surface area contributed by atoms with E-state index in [1.54, 1.807) is 0 Å². The van der Waals surface area contributed by atoms with E-state index >= 15 is 0 Å². The lowest BCUT2D eigenvalue weighted by Gasteiger charge is -2.24. The van der Waals surface area contributed by atoms with Crippen molar-refractivity contribution in [1.82, 2.24) is 21.3 Å². The van der Waals surface area contributed by atoms with Gasteiger partial charge in [0.2, 0.25) is 24.0 Å². The van der Waals surface area contributed by atoms with Crippen molar-refractivity contribution >= 4 is 29.9 Å². The molecule has 0 aromatic heterocycles. The third-order valence-electron chi connectivity index (χ3n) is 4.84. The van der Waals surface area contributed by atoms with Gasteiger partial charge in [0.05, 0.1) is 12.6 Å². The Hall–Kier alpha value is -2.45. The van der Waals surface area contributed by atoms with Crippen molar-refractivity contribution in [3.05, 3.63) is 0 Å². The first-order chi connectivity index (χ1) is 12.5. The molecule has 26 heavy (non-hydrogen) atoms. The van der Waals surface area contributed by atoms with Crippen molar-refractivity contribution in [3.63, 3.8) is 0 Å². The summed E-state index contributed by atoms with van der Waals surface area (Å²) in [6.07, 6.45) is 5.81. The molecule has 0 aromatic carbocycles. The van der Waals surface area contributed by atoms with Gasteiger partial charge in [-0.2, -0.15) is 0 Å². The van der Waals surface area contributed by atoms with Crippen LogP contribution in [0, 0.1) is 5.92 Å². The Morgan fingerprint density at radius 2 is 1.88 bits per heavy atom. The maximum absolute atomic E-state index is 12.6. The molecule has 1 unspecified atom stereocenters. The van der Waals surface area contributed by atoms with Gasteiger partial charge in [-0.15, -0.1) is 0 Å². The Labute approximate surface area is 152 Å². The number of carbonyl (C=O) groups excluding carboxylic acids is 5. The van der Waals surface area contributed by atoms with Crippen molar-refractivity contribution in [2.45, 2.75) is 57.0 Å². The predicted molar refractivity (Wildman–Crippen MR) is 91.8 cm³/mol. The van der Waals surface area contributed by atoms with E-state index in [0.29, 0.717) is 19.4 Å². The van der Waals surface area contributed by atoms with Crippen LogP contribution in [-0.2, 0) is 24.0 Å². The van der Waals surface area contributed by atoms with Gasteiger partial charge in [-0.1, -0.05) is 19.3 Å². The van der Waals surface area contributed by atoms with Crippen LogP contribution in [-0.4, -0.2) is 55.1 Å². The SMILES string of the molecule is O=CNCC(=O)NC(C[C@@H]1CCNC1=O)C(=O)C(=O)NC1CCCCC1. The molecule has 2 aliphatic rings. The summed E-state index contributed by atoms with van der Waals surface area (Å²) in [6.45, 7) is 0.216. The molecule has 0 spiro atoms. The summed E-state index contributed by atoms with van der Waals surface area (Å²) in [4.78, 5) is 58.8. The van der Waals surface area contributed by atoms with Crippen LogP contribution in [0.4, 0.5) is 0 Å². The van der Waals surface area contributed by atoms with E-state index in [4.69, 9.17) is 0 Å². The van der Waals surface area contributed by atoms with Crippen molar-refractivity contribution < 1.29 is 24.0 Å². The summed E-state index contributed by atoms with van der Waals surface area (Å²) >= 11 is 0. The molecule has 144 valence electrons. The Balaban J connectivity index is 1.98. The van der Waals surface area contributed by atoms with Crippen molar-refractivity contribution in [2.24, 2.45) is 5.92 Å². The van der Waals surface area contributed by atoms with Crippen molar-refractivity contribution in [1.29, 1.82) is 0 Å². The fraction of sp³-hybridized carbons (Fsp3) is 0.706. The van der Waals surface area contributed by atoms with Crippen LogP contribution in [0.5, 0.6) is 0 Å². The summed E-state index contributed by atoms with van der Waals surface area (Å²) in [5.41, 5.74) is 0. The molecule has 2 rings (SSSR count). The highest BCUT2D eigenvalue weighted by Gasteiger charge is 2.34. The molecule has 1 saturated carbocycles. The van der Waals surface area contributed by atoms with Gasteiger partial charge < -0.3 is 21.3 Å². The minimum atomic E-state index is -1.09. The predicted octanol–water partition coefficient (Wildman–Crippen LogP) is -1.24. The Morgan fingerprint density at radius 1 is 1.15 bits per heavy atom. The first-order valence-corrected chi connectivity index (χ1v) is 9.10. The molecule has 0 bridgehead atoms. The number of amides is 4. The molecule has 1 saturated heterocycles. The van der Waals surface area contributed by atoms with Crippen LogP contribution in [0.3, 0.4) is 0 Å². The van der Waals surface area contributed by atoms with Crippen molar-refractivity contribution in [3.8, 4) is 0 Å². The van der Waals surface area contributed by atoms with E-state index in [1.807, 2.05) is 0 Å². The fourth-order valence-electron chi connectivity index (χ4n) is 3.43. The smallest absolute Gasteiger partial charge is 0.289 e. The van der Waals surface area contributed by atoms with E-state index in [-0.39, 0.29) is 24.9 Å². The number of hydrogen-bond donors (Lipinski definition) is 4. The van der Waals surface area contributed by atoms with Gasteiger partial charge in [0.1, 0.15) is 0 Å². The van der Waals surface area contributed by atoms with Gasteiger partial charge in [0.15, 0.2) is 0 Å². The molecule has 2 fully saturated rings. The van der Waals surface area contributed by atoms with Gasteiger partial charge >= 0.3 is 0 Å². The zero-order valence-corrected chi connectivity index (χ0v) is 14.7. The average Bonchev–Trinajstić information content (AvgIpc) is 3.04. The number of carbonyl (C=O) groups is 5. The van der Waals surface area contributed by atoms with Crippen LogP contribution >= 0.6 is 0 Å². The summed E-state index contributed by atoms with van der Waals surface area (Å²) in [5, 5.41) is 10.1. The van der Waals surface area contributed by atoms with Gasteiger partial charge in [0, 0.05) is 18.5 Å². The third kappa shape index (κ3) is 5.82. The van der Waals surface area contributed by atoms with Gasteiger partial charge in [-0.05, 0) is 25.7 Å². The molecular weight excluding hydrogens is 340 g/mol. The number of rotatable bonds is 9. The van der Waals surface area contributed by atoms with Crippen LogP contribution in [0.15, 0.2) is 0 Å². The highest BCUT2D eigenvalue weighted by Crippen LogP contribution is 2.19. The number of ketones is 1. The van der Waals surface area contributed by atoms with Gasteiger partial charge in [-0.3, -0.25) is 24.0 Å². The Morgan fingerprint density at radius 3 is 2.50 bits per heavy atom. The molecule has 9 heteroatoms. The minimum absolute atomic E-state index is 0.0249.